The summed E-state index contributed by atoms with van der Waals surface area (Å²) in [6.45, 7) is 0. The fourth-order valence-corrected chi connectivity index (χ4v) is 0.702. The lowest BCUT2D eigenvalue weighted by atomic mass is 10.1. The molecule has 7 nitrogen and oxygen atoms in total. The summed E-state index contributed by atoms with van der Waals surface area (Å²) < 4.78 is 0. The number of carboxylic acid groups (broad SMARTS) is 1. The zero-order valence-electron chi connectivity index (χ0n) is 6.93. The van der Waals surface area contributed by atoms with Gasteiger partial charge in [0.05, 0.1) is 0 Å². The molecule has 0 aromatic heterocycles. The summed E-state index contributed by atoms with van der Waals surface area (Å²) in [6.07, 6.45) is -0.0592. The number of primary amides is 1. The average Bonchev–Trinajstić information content (AvgIpc) is 1.96. The lowest BCUT2D eigenvalue weighted by Crippen LogP contribution is -2.29. The zero-order valence-corrected chi connectivity index (χ0v) is 6.93. The third-order valence-electron chi connectivity index (χ3n) is 1.25. The lowest BCUT2D eigenvalue weighted by molar-refractivity contribution is -0.138. The Bertz CT molecular complexity index is 234. The molecule has 7 heteroatoms. The molecule has 0 aliphatic rings. The molecule has 0 radical (unpaired) electrons. The topological polar surface area (TPSA) is 145 Å². The number of aliphatic imine (C=N–C) groups is 1. The molecule has 0 fully saturated rings. The highest BCUT2D eigenvalue weighted by Gasteiger charge is 2.16. The van der Waals surface area contributed by atoms with Gasteiger partial charge in [0.15, 0.2) is 12.0 Å². The van der Waals surface area contributed by atoms with E-state index in [2.05, 4.69) is 4.99 Å². The summed E-state index contributed by atoms with van der Waals surface area (Å²) in [5.41, 5.74) is 14.8. The Kier molecular flexibility index (Phi) is 4.28. The molecule has 1 amide bonds. The van der Waals surface area contributed by atoms with Crippen LogP contribution >= 0.6 is 0 Å². The fraction of sp³-hybridized carbons (Fsp3) is 0.500. The quantitative estimate of drug-likeness (QED) is 0.290. The Hall–Kier alpha value is -1.79. The van der Waals surface area contributed by atoms with Gasteiger partial charge in [0, 0.05) is 6.42 Å². The SMILES string of the molecule is NC(=O)CCC(N=C(N)N)C(=O)O. The molecule has 0 aromatic rings. The fourth-order valence-electron chi connectivity index (χ4n) is 0.702. The molecule has 0 aromatic carbocycles. The van der Waals surface area contributed by atoms with Crippen LogP contribution < -0.4 is 17.2 Å². The van der Waals surface area contributed by atoms with Gasteiger partial charge in [-0.05, 0) is 6.42 Å². The second kappa shape index (κ2) is 4.96. The van der Waals surface area contributed by atoms with E-state index in [9.17, 15) is 9.59 Å². The third-order valence-corrected chi connectivity index (χ3v) is 1.25. The first kappa shape index (κ1) is 11.2. The zero-order chi connectivity index (χ0) is 10.4. The Morgan fingerprint density at radius 1 is 1.31 bits per heavy atom. The second-order valence-corrected chi connectivity index (χ2v) is 2.41. The molecule has 7 N–H and O–H groups in total. The van der Waals surface area contributed by atoms with Crippen molar-refractivity contribution in [3.05, 3.63) is 0 Å². The van der Waals surface area contributed by atoms with Crippen LogP contribution in [-0.4, -0.2) is 29.0 Å². The Morgan fingerprint density at radius 2 is 1.85 bits per heavy atom. The number of hydrogen-bond acceptors (Lipinski definition) is 3. The van der Waals surface area contributed by atoms with Gasteiger partial charge in [0.25, 0.3) is 0 Å². The number of aliphatic carboxylic acids is 1. The number of carbonyl (C=O) groups excluding carboxylic acids is 1. The molecule has 0 heterocycles. The van der Waals surface area contributed by atoms with Gasteiger partial charge in [-0.3, -0.25) is 4.79 Å². The molecule has 1 unspecified atom stereocenters. The van der Waals surface area contributed by atoms with Crippen LogP contribution in [0.25, 0.3) is 0 Å². The molecule has 0 aliphatic heterocycles. The van der Waals surface area contributed by atoms with E-state index < -0.39 is 17.9 Å². The van der Waals surface area contributed by atoms with Gasteiger partial charge in [-0.25, -0.2) is 9.79 Å². The van der Waals surface area contributed by atoms with Crippen molar-refractivity contribution in [3.8, 4) is 0 Å². The van der Waals surface area contributed by atoms with Crippen LogP contribution in [0.15, 0.2) is 4.99 Å². The van der Waals surface area contributed by atoms with Crippen molar-refractivity contribution in [2.24, 2.45) is 22.2 Å². The molecule has 0 saturated heterocycles. The maximum Gasteiger partial charge on any atom is 0.328 e. The predicted octanol–water partition coefficient (Wildman–Crippen LogP) is -2.02. The van der Waals surface area contributed by atoms with Gasteiger partial charge in [0.1, 0.15) is 0 Å². The Balaban J connectivity index is 4.19. The van der Waals surface area contributed by atoms with Crippen molar-refractivity contribution in [1.29, 1.82) is 0 Å². The molecule has 1 atom stereocenters. The number of nitrogens with zero attached hydrogens (tertiary/aromatic N) is 1. The van der Waals surface area contributed by atoms with Crippen LogP contribution in [0.3, 0.4) is 0 Å². The van der Waals surface area contributed by atoms with Crippen molar-refractivity contribution in [1.82, 2.24) is 0 Å². The first-order chi connectivity index (χ1) is 5.93. The Labute approximate surface area is 74.6 Å². The van der Waals surface area contributed by atoms with Crippen LogP contribution in [0.5, 0.6) is 0 Å². The number of nitrogens with two attached hydrogens (primary N) is 3. The van der Waals surface area contributed by atoms with E-state index in [0.29, 0.717) is 0 Å². The standard InChI is InChI=1S/C6H12N4O3/c7-4(11)2-1-3(5(12)13)10-6(8)9/h3H,1-2H2,(H2,7,11)(H,12,13)(H4,8,9,10). The van der Waals surface area contributed by atoms with Crippen LogP contribution in [0.4, 0.5) is 0 Å². The summed E-state index contributed by atoms with van der Waals surface area (Å²) in [5, 5.41) is 8.56. The van der Waals surface area contributed by atoms with Gasteiger partial charge in [0.2, 0.25) is 5.91 Å². The predicted molar refractivity (Wildman–Crippen MR) is 45.7 cm³/mol. The molecule has 0 aliphatic carbocycles. The summed E-state index contributed by atoms with van der Waals surface area (Å²) in [7, 11) is 0. The highest BCUT2D eigenvalue weighted by atomic mass is 16.4. The molecular weight excluding hydrogens is 176 g/mol. The van der Waals surface area contributed by atoms with Crippen molar-refractivity contribution >= 4 is 17.8 Å². The van der Waals surface area contributed by atoms with E-state index in [4.69, 9.17) is 22.3 Å². The van der Waals surface area contributed by atoms with Crippen molar-refractivity contribution < 1.29 is 14.7 Å². The first-order valence-electron chi connectivity index (χ1n) is 3.53. The van der Waals surface area contributed by atoms with Gasteiger partial charge in [-0.2, -0.15) is 0 Å². The number of carboxylic acids is 1. The van der Waals surface area contributed by atoms with Crippen molar-refractivity contribution in [2.45, 2.75) is 18.9 Å². The second-order valence-electron chi connectivity index (χ2n) is 2.41. The van der Waals surface area contributed by atoms with Crippen molar-refractivity contribution in [2.75, 3.05) is 0 Å². The number of hydrogen-bond donors (Lipinski definition) is 4. The molecule has 0 rings (SSSR count). The molecule has 74 valence electrons. The van der Waals surface area contributed by atoms with Crippen LogP contribution in [0.1, 0.15) is 12.8 Å². The average molecular weight is 188 g/mol. The number of carbonyl (C=O) groups is 2. The summed E-state index contributed by atoms with van der Waals surface area (Å²) in [6, 6.07) is -1.10. The van der Waals surface area contributed by atoms with Gasteiger partial charge < -0.3 is 22.3 Å². The minimum Gasteiger partial charge on any atom is -0.480 e. The maximum atomic E-state index is 10.5. The summed E-state index contributed by atoms with van der Waals surface area (Å²) >= 11 is 0. The normalized spacial score (nSPS) is 11.7. The maximum absolute atomic E-state index is 10.5. The van der Waals surface area contributed by atoms with Gasteiger partial charge in [-0.1, -0.05) is 0 Å². The van der Waals surface area contributed by atoms with E-state index >= 15 is 0 Å². The van der Waals surface area contributed by atoms with Gasteiger partial charge >= 0.3 is 5.97 Å². The van der Waals surface area contributed by atoms with Crippen LogP contribution in [-0.2, 0) is 9.59 Å². The Morgan fingerprint density at radius 3 is 2.15 bits per heavy atom. The van der Waals surface area contributed by atoms with E-state index in [1.54, 1.807) is 0 Å². The molecule has 0 saturated carbocycles. The van der Waals surface area contributed by atoms with Gasteiger partial charge in [-0.15, -0.1) is 0 Å². The first-order valence-corrected chi connectivity index (χ1v) is 3.53. The number of rotatable bonds is 5. The van der Waals surface area contributed by atoms with E-state index in [-0.39, 0.29) is 18.8 Å². The molecular formula is C6H12N4O3. The monoisotopic (exact) mass is 188 g/mol. The largest absolute Gasteiger partial charge is 0.480 e. The van der Waals surface area contributed by atoms with Crippen molar-refractivity contribution in [3.63, 3.8) is 0 Å². The van der Waals surface area contributed by atoms with Crippen LogP contribution in [0, 0.1) is 0 Å². The summed E-state index contributed by atoms with van der Waals surface area (Å²) in [5.74, 6) is -2.09. The smallest absolute Gasteiger partial charge is 0.328 e. The summed E-state index contributed by atoms with van der Waals surface area (Å²) in [4.78, 5) is 24.2. The minimum absolute atomic E-state index is 0.00255. The molecule has 0 spiro atoms. The minimum atomic E-state index is -1.19. The van der Waals surface area contributed by atoms with E-state index in [1.807, 2.05) is 0 Å². The van der Waals surface area contributed by atoms with E-state index in [0.717, 1.165) is 0 Å². The van der Waals surface area contributed by atoms with E-state index in [1.165, 1.54) is 0 Å². The molecule has 13 heavy (non-hydrogen) atoms. The lowest BCUT2D eigenvalue weighted by Gasteiger charge is -2.05. The third kappa shape index (κ3) is 5.48. The highest BCUT2D eigenvalue weighted by Crippen LogP contribution is 2.01. The molecule has 0 bridgehead atoms. The highest BCUT2D eigenvalue weighted by molar-refractivity contribution is 5.82. The number of amides is 1. The number of guanidine groups is 1. The van der Waals surface area contributed by atoms with Crippen LogP contribution in [0.2, 0.25) is 0 Å².